The fourth-order valence-electron chi connectivity index (χ4n) is 3.35. The van der Waals surface area contributed by atoms with Crippen molar-refractivity contribution in [2.75, 3.05) is 6.54 Å². The van der Waals surface area contributed by atoms with Crippen molar-refractivity contribution >= 4 is 17.1 Å². The molecule has 25 heavy (non-hydrogen) atoms. The Morgan fingerprint density at radius 2 is 2.00 bits per heavy atom. The number of allylic oxidation sites excluding steroid dienone is 2. The summed E-state index contributed by atoms with van der Waals surface area (Å²) in [6.07, 6.45) is 7.72. The summed E-state index contributed by atoms with van der Waals surface area (Å²) in [5.41, 5.74) is 0.746. The number of hydrogen-bond acceptors (Lipinski definition) is 4. The molecule has 0 spiro atoms. The number of aromatic nitrogens is 4. The van der Waals surface area contributed by atoms with Crippen molar-refractivity contribution < 1.29 is 4.79 Å². The number of imidazole rings is 1. The highest BCUT2D eigenvalue weighted by Crippen LogP contribution is 2.21. The first-order valence-electron chi connectivity index (χ1n) is 8.56. The Labute approximate surface area is 145 Å². The summed E-state index contributed by atoms with van der Waals surface area (Å²) < 4.78 is 3.89. The van der Waals surface area contributed by atoms with Crippen LogP contribution in [0.1, 0.15) is 32.6 Å². The summed E-state index contributed by atoms with van der Waals surface area (Å²) in [6, 6.07) is 0. The van der Waals surface area contributed by atoms with Crippen LogP contribution < -0.4 is 11.2 Å². The third-order valence-corrected chi connectivity index (χ3v) is 4.75. The molecule has 0 bridgehead atoms. The van der Waals surface area contributed by atoms with Crippen LogP contribution >= 0.6 is 0 Å². The number of hydrogen-bond donors (Lipinski definition) is 0. The lowest BCUT2D eigenvalue weighted by molar-refractivity contribution is -0.129. The summed E-state index contributed by atoms with van der Waals surface area (Å²) in [5.74, 6) is -0.0779. The molecule has 3 rings (SSSR count). The highest BCUT2D eigenvalue weighted by atomic mass is 16.2. The SMILES string of the molecule is CCN(C(=O)Cn1cnc2c1c(=O)n(C)c(=O)n2C)C1=CCCCC1. The average molecular weight is 345 g/mol. The Balaban J connectivity index is 1.98. The smallest absolute Gasteiger partial charge is 0.315 e. The van der Waals surface area contributed by atoms with Gasteiger partial charge in [0.05, 0.1) is 6.33 Å². The van der Waals surface area contributed by atoms with Gasteiger partial charge in [-0.2, -0.15) is 0 Å². The fourth-order valence-corrected chi connectivity index (χ4v) is 3.35. The van der Waals surface area contributed by atoms with Crippen LogP contribution in [-0.4, -0.2) is 36.0 Å². The second-order valence-electron chi connectivity index (χ2n) is 6.33. The van der Waals surface area contributed by atoms with Crippen molar-refractivity contribution in [2.24, 2.45) is 14.1 Å². The molecule has 0 aromatic carbocycles. The van der Waals surface area contributed by atoms with E-state index in [2.05, 4.69) is 11.1 Å². The molecule has 0 N–H and O–H groups in total. The third-order valence-electron chi connectivity index (χ3n) is 4.75. The number of aryl methyl sites for hydroxylation is 1. The van der Waals surface area contributed by atoms with E-state index in [1.54, 1.807) is 11.9 Å². The Hall–Kier alpha value is -2.64. The topological polar surface area (TPSA) is 82.1 Å². The van der Waals surface area contributed by atoms with Crippen LogP contribution in [0.25, 0.3) is 11.2 Å². The molecule has 1 aliphatic rings. The Bertz CT molecular complexity index is 963. The third kappa shape index (κ3) is 2.92. The number of carbonyl (C=O) groups excluding carboxylic acids is 1. The molecule has 0 saturated carbocycles. The lowest BCUT2D eigenvalue weighted by Gasteiger charge is -2.26. The molecule has 0 saturated heterocycles. The van der Waals surface area contributed by atoms with E-state index in [1.165, 1.54) is 22.5 Å². The first-order valence-corrected chi connectivity index (χ1v) is 8.56. The zero-order chi connectivity index (χ0) is 18.1. The second kappa shape index (κ2) is 6.70. The van der Waals surface area contributed by atoms with E-state index < -0.39 is 11.2 Å². The minimum atomic E-state index is -0.441. The maximum Gasteiger partial charge on any atom is 0.332 e. The van der Waals surface area contributed by atoms with E-state index in [9.17, 15) is 14.4 Å². The fraction of sp³-hybridized carbons (Fsp3) is 0.529. The van der Waals surface area contributed by atoms with Gasteiger partial charge in [-0.25, -0.2) is 9.78 Å². The molecular formula is C17H23N5O3. The van der Waals surface area contributed by atoms with Gasteiger partial charge in [0, 0.05) is 26.3 Å². The molecule has 2 aromatic heterocycles. The van der Waals surface area contributed by atoms with E-state index in [4.69, 9.17) is 0 Å². The van der Waals surface area contributed by atoms with E-state index in [-0.39, 0.29) is 18.0 Å². The molecule has 2 heterocycles. The molecule has 0 fully saturated rings. The maximum absolute atomic E-state index is 12.8. The van der Waals surface area contributed by atoms with Gasteiger partial charge in [-0.15, -0.1) is 0 Å². The van der Waals surface area contributed by atoms with E-state index in [0.717, 1.165) is 35.9 Å². The van der Waals surface area contributed by atoms with Crippen molar-refractivity contribution in [3.05, 3.63) is 38.9 Å². The van der Waals surface area contributed by atoms with Crippen LogP contribution in [0.15, 0.2) is 27.7 Å². The lowest BCUT2D eigenvalue weighted by Crippen LogP contribution is -2.38. The van der Waals surface area contributed by atoms with Crippen molar-refractivity contribution in [3.63, 3.8) is 0 Å². The molecule has 8 heteroatoms. The van der Waals surface area contributed by atoms with Gasteiger partial charge in [0.2, 0.25) is 5.91 Å². The van der Waals surface area contributed by atoms with E-state index in [0.29, 0.717) is 12.2 Å². The first kappa shape index (κ1) is 17.2. The van der Waals surface area contributed by atoms with E-state index in [1.807, 2.05) is 6.92 Å². The molecular weight excluding hydrogens is 322 g/mol. The number of carbonyl (C=O) groups is 1. The second-order valence-corrected chi connectivity index (χ2v) is 6.33. The lowest BCUT2D eigenvalue weighted by atomic mass is 10.0. The molecule has 0 unspecified atom stereocenters. The summed E-state index contributed by atoms with van der Waals surface area (Å²) in [5, 5.41) is 0. The van der Waals surface area contributed by atoms with Crippen LogP contribution in [0.3, 0.4) is 0 Å². The quantitative estimate of drug-likeness (QED) is 0.818. The molecule has 134 valence electrons. The van der Waals surface area contributed by atoms with Crippen molar-refractivity contribution in [1.29, 1.82) is 0 Å². The van der Waals surface area contributed by atoms with Gasteiger partial charge in [0.25, 0.3) is 5.56 Å². The van der Waals surface area contributed by atoms with Gasteiger partial charge in [-0.1, -0.05) is 6.08 Å². The van der Waals surface area contributed by atoms with Gasteiger partial charge in [-0.05, 0) is 32.6 Å². The zero-order valence-electron chi connectivity index (χ0n) is 14.9. The highest BCUT2D eigenvalue weighted by Gasteiger charge is 2.21. The van der Waals surface area contributed by atoms with Crippen molar-refractivity contribution in [1.82, 2.24) is 23.6 Å². The normalized spacial score (nSPS) is 14.6. The monoisotopic (exact) mass is 345 g/mol. The van der Waals surface area contributed by atoms with Crippen LogP contribution in [0.2, 0.25) is 0 Å². The minimum Gasteiger partial charge on any atom is -0.315 e. The summed E-state index contributed by atoms with van der Waals surface area (Å²) in [7, 11) is 2.99. The maximum atomic E-state index is 12.8. The summed E-state index contributed by atoms with van der Waals surface area (Å²) in [4.78, 5) is 43.2. The summed E-state index contributed by atoms with van der Waals surface area (Å²) >= 11 is 0. The molecule has 0 atom stereocenters. The van der Waals surface area contributed by atoms with Crippen molar-refractivity contribution in [3.8, 4) is 0 Å². The van der Waals surface area contributed by atoms with Gasteiger partial charge in [-0.3, -0.25) is 18.7 Å². The standard InChI is InChI=1S/C17H23N5O3/c1-4-22(12-8-6-5-7-9-12)13(23)10-21-11-18-15-14(21)16(24)20(3)17(25)19(15)2/h8,11H,4-7,9-10H2,1-3H3. The predicted octanol–water partition coefficient (Wildman–Crippen LogP) is 0.740. The zero-order valence-corrected chi connectivity index (χ0v) is 14.9. The Morgan fingerprint density at radius 3 is 2.64 bits per heavy atom. The first-order chi connectivity index (χ1) is 12.0. The van der Waals surface area contributed by atoms with Crippen LogP contribution in [-0.2, 0) is 25.4 Å². The Kier molecular flexibility index (Phi) is 4.61. The van der Waals surface area contributed by atoms with E-state index >= 15 is 0 Å². The number of rotatable bonds is 4. The Morgan fingerprint density at radius 1 is 1.24 bits per heavy atom. The number of nitrogens with zero attached hydrogens (tertiary/aromatic N) is 5. The number of fused-ring (bicyclic) bond motifs is 1. The van der Waals surface area contributed by atoms with Gasteiger partial charge in [0.15, 0.2) is 11.2 Å². The molecule has 2 aromatic rings. The largest absolute Gasteiger partial charge is 0.332 e. The van der Waals surface area contributed by atoms with Gasteiger partial charge in [0.1, 0.15) is 6.54 Å². The van der Waals surface area contributed by atoms with Gasteiger partial charge >= 0.3 is 5.69 Å². The summed E-state index contributed by atoms with van der Waals surface area (Å²) in [6.45, 7) is 2.56. The van der Waals surface area contributed by atoms with Crippen LogP contribution in [0.4, 0.5) is 0 Å². The molecule has 0 radical (unpaired) electrons. The minimum absolute atomic E-state index is 0.0229. The average Bonchev–Trinajstić information content (AvgIpc) is 3.03. The van der Waals surface area contributed by atoms with Crippen LogP contribution in [0, 0.1) is 0 Å². The van der Waals surface area contributed by atoms with Gasteiger partial charge < -0.3 is 9.47 Å². The number of amides is 1. The molecule has 1 aliphatic carbocycles. The van der Waals surface area contributed by atoms with Crippen molar-refractivity contribution in [2.45, 2.75) is 39.2 Å². The molecule has 1 amide bonds. The van der Waals surface area contributed by atoms with Crippen LogP contribution in [0.5, 0.6) is 0 Å². The molecule has 0 aliphatic heterocycles. The molecule has 8 nitrogen and oxygen atoms in total. The number of likely N-dealkylation sites (N-methyl/N-ethyl adjacent to an activating group) is 1. The highest BCUT2D eigenvalue weighted by molar-refractivity contribution is 5.80. The predicted molar refractivity (Wildman–Crippen MR) is 94.2 cm³/mol.